The molecule has 28 heavy (non-hydrogen) atoms. The van der Waals surface area contributed by atoms with E-state index in [2.05, 4.69) is 10.3 Å². The van der Waals surface area contributed by atoms with Crippen molar-refractivity contribution in [2.24, 2.45) is 11.8 Å². The van der Waals surface area contributed by atoms with Crippen LogP contribution in [-0.4, -0.2) is 54.0 Å². The quantitative estimate of drug-likeness (QED) is 0.748. The summed E-state index contributed by atoms with van der Waals surface area (Å²) in [4.78, 5) is 16.6. The highest BCUT2D eigenvalue weighted by atomic mass is 32.2. The fraction of sp³-hybridized carbons (Fsp3) is 0.700. The average molecular weight is 410 g/mol. The number of nitrogens with one attached hydrogen (secondary N) is 1. The van der Waals surface area contributed by atoms with E-state index in [9.17, 15) is 18.3 Å². The normalized spacial score (nSPS) is 22.5. The van der Waals surface area contributed by atoms with E-state index >= 15 is 0 Å². The minimum atomic E-state index is -3.56. The van der Waals surface area contributed by atoms with Gasteiger partial charge in [-0.3, -0.25) is 9.78 Å². The number of aromatic nitrogens is 1. The van der Waals surface area contributed by atoms with Gasteiger partial charge in [0.15, 0.2) is 0 Å². The molecule has 1 saturated carbocycles. The standard InChI is InChI=1S/C20H31N3O4S/c1-20(25,17-6-3-2-4-7-17)15-22-19(24)16-9-12-23(13-10-16)28(26,27)18-8-5-11-21-14-18/h5,8,11,14,16-17,25H,2-4,6-7,9-10,12-13,15H2,1H3,(H,22,24)/t20-/m1/s1. The van der Waals surface area contributed by atoms with Crippen LogP contribution < -0.4 is 5.32 Å². The second kappa shape index (κ2) is 8.88. The molecule has 0 radical (unpaired) electrons. The molecular weight excluding hydrogens is 378 g/mol. The lowest BCUT2D eigenvalue weighted by molar-refractivity contribution is -0.128. The molecule has 0 aromatic carbocycles. The predicted octanol–water partition coefficient (Wildman–Crippen LogP) is 1.93. The summed E-state index contributed by atoms with van der Waals surface area (Å²) in [6.07, 6.45) is 9.37. The fourth-order valence-electron chi connectivity index (χ4n) is 4.29. The van der Waals surface area contributed by atoms with Gasteiger partial charge < -0.3 is 10.4 Å². The molecule has 2 fully saturated rings. The van der Waals surface area contributed by atoms with Crippen LogP contribution in [0.4, 0.5) is 0 Å². The van der Waals surface area contributed by atoms with Crippen LogP contribution in [0.25, 0.3) is 0 Å². The molecule has 1 atom stereocenters. The van der Waals surface area contributed by atoms with Crippen LogP contribution in [0.1, 0.15) is 51.9 Å². The molecule has 1 aromatic heterocycles. The number of amides is 1. The van der Waals surface area contributed by atoms with E-state index in [4.69, 9.17) is 0 Å². The first kappa shape index (κ1) is 21.2. The second-order valence-corrected chi connectivity index (χ2v) is 10.2. The van der Waals surface area contributed by atoms with Gasteiger partial charge in [0, 0.05) is 37.9 Å². The monoisotopic (exact) mass is 409 g/mol. The number of hydrogen-bond donors (Lipinski definition) is 2. The number of hydrogen-bond acceptors (Lipinski definition) is 5. The molecule has 0 spiro atoms. The van der Waals surface area contributed by atoms with Gasteiger partial charge in [-0.25, -0.2) is 8.42 Å². The molecule has 0 bridgehead atoms. The molecule has 2 heterocycles. The Hall–Kier alpha value is -1.51. The van der Waals surface area contributed by atoms with Crippen LogP contribution in [0.2, 0.25) is 0 Å². The molecule has 1 aliphatic heterocycles. The Labute approximate surface area is 167 Å². The van der Waals surface area contributed by atoms with Crippen molar-refractivity contribution in [2.75, 3.05) is 19.6 Å². The molecule has 0 unspecified atom stereocenters. The van der Waals surface area contributed by atoms with Crippen LogP contribution in [0.5, 0.6) is 0 Å². The minimum Gasteiger partial charge on any atom is -0.388 e. The van der Waals surface area contributed by atoms with Gasteiger partial charge in [0.2, 0.25) is 15.9 Å². The summed E-state index contributed by atoms with van der Waals surface area (Å²) in [5, 5.41) is 13.7. The molecule has 1 aromatic rings. The Balaban J connectivity index is 1.50. The van der Waals surface area contributed by atoms with Crippen molar-refractivity contribution in [1.82, 2.24) is 14.6 Å². The van der Waals surface area contributed by atoms with E-state index < -0.39 is 15.6 Å². The van der Waals surface area contributed by atoms with Gasteiger partial charge in [-0.1, -0.05) is 19.3 Å². The van der Waals surface area contributed by atoms with E-state index in [-0.39, 0.29) is 29.2 Å². The summed E-state index contributed by atoms with van der Waals surface area (Å²) < 4.78 is 26.7. The van der Waals surface area contributed by atoms with Gasteiger partial charge in [0.05, 0.1) is 5.60 Å². The number of carbonyl (C=O) groups is 1. The summed E-state index contributed by atoms with van der Waals surface area (Å²) in [5.41, 5.74) is -0.888. The third kappa shape index (κ3) is 4.90. The molecule has 3 rings (SSSR count). The molecule has 156 valence electrons. The van der Waals surface area contributed by atoms with Crippen LogP contribution in [0.3, 0.4) is 0 Å². The lowest BCUT2D eigenvalue weighted by Crippen LogP contribution is -2.49. The lowest BCUT2D eigenvalue weighted by atomic mass is 9.78. The first-order valence-electron chi connectivity index (χ1n) is 10.2. The topological polar surface area (TPSA) is 99.6 Å². The van der Waals surface area contributed by atoms with E-state index in [0.29, 0.717) is 25.9 Å². The summed E-state index contributed by atoms with van der Waals surface area (Å²) in [5.74, 6) is -0.0787. The first-order chi connectivity index (χ1) is 13.3. The van der Waals surface area contributed by atoms with Crippen molar-refractivity contribution < 1.29 is 18.3 Å². The highest BCUT2D eigenvalue weighted by Gasteiger charge is 2.35. The highest BCUT2D eigenvalue weighted by Crippen LogP contribution is 2.32. The Kier molecular flexibility index (Phi) is 6.73. The van der Waals surface area contributed by atoms with Gasteiger partial charge >= 0.3 is 0 Å². The molecular formula is C20H31N3O4S. The van der Waals surface area contributed by atoms with Crippen molar-refractivity contribution in [3.63, 3.8) is 0 Å². The molecule has 1 aliphatic carbocycles. The van der Waals surface area contributed by atoms with Gasteiger partial charge in [-0.05, 0) is 50.7 Å². The van der Waals surface area contributed by atoms with Gasteiger partial charge in [0.25, 0.3) is 0 Å². The Bertz CT molecular complexity index is 753. The van der Waals surface area contributed by atoms with Crippen molar-refractivity contribution in [3.05, 3.63) is 24.5 Å². The number of pyridine rings is 1. The SMILES string of the molecule is C[C@@](O)(CNC(=O)C1CCN(S(=O)(=O)c2cccnc2)CC1)C1CCCCC1. The molecule has 2 aliphatic rings. The smallest absolute Gasteiger partial charge is 0.244 e. The minimum absolute atomic E-state index is 0.0884. The second-order valence-electron chi connectivity index (χ2n) is 8.28. The largest absolute Gasteiger partial charge is 0.388 e. The number of sulfonamides is 1. The van der Waals surface area contributed by atoms with Crippen LogP contribution in [0.15, 0.2) is 29.4 Å². The molecule has 2 N–H and O–H groups in total. The molecule has 1 amide bonds. The fourth-order valence-corrected chi connectivity index (χ4v) is 5.72. The number of aliphatic hydroxyl groups is 1. The van der Waals surface area contributed by atoms with Gasteiger partial charge in [0.1, 0.15) is 4.90 Å². The number of carbonyl (C=O) groups excluding carboxylic acids is 1. The Morgan fingerprint density at radius 3 is 2.54 bits per heavy atom. The number of nitrogens with zero attached hydrogens (tertiary/aromatic N) is 2. The third-order valence-corrected chi connectivity index (χ3v) is 8.08. The van der Waals surface area contributed by atoms with Crippen molar-refractivity contribution >= 4 is 15.9 Å². The molecule has 7 nitrogen and oxygen atoms in total. The van der Waals surface area contributed by atoms with Crippen LogP contribution in [0, 0.1) is 11.8 Å². The summed E-state index contributed by atoms with van der Waals surface area (Å²) in [6, 6.07) is 3.14. The third-order valence-electron chi connectivity index (χ3n) is 6.20. The van der Waals surface area contributed by atoms with Crippen LogP contribution in [-0.2, 0) is 14.8 Å². The van der Waals surface area contributed by atoms with E-state index in [1.165, 1.54) is 29.2 Å². The highest BCUT2D eigenvalue weighted by molar-refractivity contribution is 7.89. The zero-order chi connectivity index (χ0) is 20.2. The maximum atomic E-state index is 12.6. The average Bonchev–Trinajstić information content (AvgIpc) is 2.73. The van der Waals surface area contributed by atoms with Gasteiger partial charge in [-0.15, -0.1) is 0 Å². The summed E-state index contributed by atoms with van der Waals surface area (Å²) in [7, 11) is -3.56. The summed E-state index contributed by atoms with van der Waals surface area (Å²) >= 11 is 0. The molecule has 1 saturated heterocycles. The Morgan fingerprint density at radius 1 is 1.25 bits per heavy atom. The van der Waals surface area contributed by atoms with Gasteiger partial charge in [-0.2, -0.15) is 4.31 Å². The van der Waals surface area contributed by atoms with Crippen molar-refractivity contribution in [3.8, 4) is 0 Å². The maximum absolute atomic E-state index is 12.6. The zero-order valence-electron chi connectivity index (χ0n) is 16.5. The number of piperidine rings is 1. The Morgan fingerprint density at radius 2 is 1.93 bits per heavy atom. The van der Waals surface area contributed by atoms with E-state index in [1.807, 2.05) is 6.92 Å². The van der Waals surface area contributed by atoms with E-state index in [1.54, 1.807) is 6.07 Å². The maximum Gasteiger partial charge on any atom is 0.244 e. The van der Waals surface area contributed by atoms with Crippen molar-refractivity contribution in [1.29, 1.82) is 0 Å². The first-order valence-corrected chi connectivity index (χ1v) is 11.6. The summed E-state index contributed by atoms with van der Waals surface area (Å²) in [6.45, 7) is 2.69. The lowest BCUT2D eigenvalue weighted by Gasteiger charge is -2.36. The zero-order valence-corrected chi connectivity index (χ0v) is 17.3. The predicted molar refractivity (Wildman–Crippen MR) is 106 cm³/mol. The molecule has 8 heteroatoms. The van der Waals surface area contributed by atoms with Crippen molar-refractivity contribution in [2.45, 2.75) is 62.4 Å². The number of rotatable bonds is 6. The van der Waals surface area contributed by atoms with Crippen LogP contribution >= 0.6 is 0 Å². The van der Waals surface area contributed by atoms with E-state index in [0.717, 1.165) is 25.7 Å².